The fourth-order valence-electron chi connectivity index (χ4n) is 1.19. The molecule has 1 aromatic rings. The summed E-state index contributed by atoms with van der Waals surface area (Å²) in [5.74, 6) is 0. The summed E-state index contributed by atoms with van der Waals surface area (Å²) in [5.41, 5.74) is 6.17. The minimum absolute atomic E-state index is 0.118. The van der Waals surface area contributed by atoms with Crippen LogP contribution in [0.4, 0.5) is 11.4 Å². The van der Waals surface area contributed by atoms with Gasteiger partial charge in [0.25, 0.3) is 10.2 Å². The lowest BCUT2D eigenvalue weighted by Gasteiger charge is -2.21. The topological polar surface area (TPSA) is 110 Å². The number of nitrogens with zero attached hydrogens (tertiary/aromatic N) is 1. The molecule has 6 nitrogen and oxygen atoms in total. The molecule has 0 heterocycles. The molecule has 7 heteroatoms. The molecule has 0 spiro atoms. The van der Waals surface area contributed by atoms with Gasteiger partial charge >= 0.3 is 0 Å². The van der Waals surface area contributed by atoms with E-state index in [4.69, 9.17) is 16.0 Å². The van der Waals surface area contributed by atoms with E-state index in [9.17, 15) is 8.42 Å². The molecule has 0 bridgehead atoms. The number of rotatable bonds is 4. The smallest absolute Gasteiger partial charge is 0.299 e. The number of aliphatic hydroxyl groups is 1. The van der Waals surface area contributed by atoms with Crippen LogP contribution in [0.25, 0.3) is 0 Å². The van der Waals surface area contributed by atoms with Gasteiger partial charge < -0.3 is 10.8 Å². The highest BCUT2D eigenvalue weighted by atomic mass is 32.2. The van der Waals surface area contributed by atoms with Crippen LogP contribution >= 0.6 is 0 Å². The van der Waals surface area contributed by atoms with Crippen molar-refractivity contribution < 1.29 is 13.5 Å². The average Bonchev–Trinajstić information content (AvgIpc) is 2.14. The van der Waals surface area contributed by atoms with Gasteiger partial charge in [0.05, 0.1) is 24.5 Å². The molecular weight excluding hydrogens is 218 g/mol. The van der Waals surface area contributed by atoms with Crippen molar-refractivity contribution in [3.05, 3.63) is 24.3 Å². The first kappa shape index (κ1) is 11.8. The second kappa shape index (κ2) is 4.47. The zero-order valence-corrected chi connectivity index (χ0v) is 8.81. The molecule has 0 aliphatic heterocycles. The Bertz CT molecular complexity index is 433. The average molecular weight is 231 g/mol. The molecule has 0 saturated heterocycles. The number of benzene rings is 1. The van der Waals surface area contributed by atoms with Gasteiger partial charge in [0, 0.05) is 0 Å². The van der Waals surface area contributed by atoms with Crippen LogP contribution < -0.4 is 15.2 Å². The van der Waals surface area contributed by atoms with E-state index in [0.717, 1.165) is 4.31 Å². The van der Waals surface area contributed by atoms with Gasteiger partial charge in [-0.15, -0.1) is 0 Å². The van der Waals surface area contributed by atoms with Crippen molar-refractivity contribution in [3.8, 4) is 0 Å². The van der Waals surface area contributed by atoms with Crippen molar-refractivity contribution in [1.82, 2.24) is 0 Å². The molecule has 1 aromatic carbocycles. The monoisotopic (exact) mass is 231 g/mol. The van der Waals surface area contributed by atoms with Gasteiger partial charge in [-0.3, -0.25) is 4.31 Å². The summed E-state index contributed by atoms with van der Waals surface area (Å²) in [6, 6.07) is 6.40. The van der Waals surface area contributed by atoms with E-state index in [1.54, 1.807) is 18.2 Å². The molecule has 0 atom stereocenters. The van der Waals surface area contributed by atoms with Crippen molar-refractivity contribution in [1.29, 1.82) is 0 Å². The van der Waals surface area contributed by atoms with Crippen LogP contribution in [0, 0.1) is 0 Å². The molecule has 0 radical (unpaired) electrons. The summed E-state index contributed by atoms with van der Waals surface area (Å²) < 4.78 is 23.3. The fourth-order valence-corrected chi connectivity index (χ4v) is 1.97. The summed E-state index contributed by atoms with van der Waals surface area (Å²) in [4.78, 5) is 0. The number of para-hydroxylation sites is 2. The molecule has 15 heavy (non-hydrogen) atoms. The highest BCUT2D eigenvalue weighted by molar-refractivity contribution is 7.90. The minimum atomic E-state index is -3.91. The van der Waals surface area contributed by atoms with Gasteiger partial charge in [-0.2, -0.15) is 8.42 Å². The van der Waals surface area contributed by atoms with E-state index in [0.29, 0.717) is 5.69 Å². The van der Waals surface area contributed by atoms with Gasteiger partial charge in [0.2, 0.25) is 0 Å². The van der Waals surface area contributed by atoms with Crippen LogP contribution in [0.2, 0.25) is 0 Å². The summed E-state index contributed by atoms with van der Waals surface area (Å²) in [6.45, 7) is -0.447. The minimum Gasteiger partial charge on any atom is -0.397 e. The first-order valence-electron chi connectivity index (χ1n) is 4.22. The predicted octanol–water partition coefficient (Wildman–Crippen LogP) is -0.729. The number of anilines is 2. The number of hydrogen-bond acceptors (Lipinski definition) is 4. The quantitative estimate of drug-likeness (QED) is 0.593. The van der Waals surface area contributed by atoms with Crippen molar-refractivity contribution in [3.63, 3.8) is 0 Å². The van der Waals surface area contributed by atoms with Crippen molar-refractivity contribution in [2.45, 2.75) is 0 Å². The maximum absolute atomic E-state index is 11.2. The van der Waals surface area contributed by atoms with E-state index in [2.05, 4.69) is 0 Å². The number of aliphatic hydroxyl groups excluding tert-OH is 1. The van der Waals surface area contributed by atoms with E-state index in [-0.39, 0.29) is 18.8 Å². The molecule has 84 valence electrons. The third-order valence-corrected chi connectivity index (χ3v) is 2.81. The first-order chi connectivity index (χ1) is 6.96. The highest BCUT2D eigenvalue weighted by Gasteiger charge is 2.18. The zero-order valence-electron chi connectivity index (χ0n) is 8.00. The van der Waals surface area contributed by atoms with Crippen LogP contribution in [-0.2, 0) is 10.2 Å². The van der Waals surface area contributed by atoms with Crippen LogP contribution in [0.1, 0.15) is 0 Å². The Morgan fingerprint density at radius 3 is 2.40 bits per heavy atom. The summed E-state index contributed by atoms with van der Waals surface area (Å²) in [5, 5.41) is 13.7. The van der Waals surface area contributed by atoms with E-state index < -0.39 is 10.2 Å². The summed E-state index contributed by atoms with van der Waals surface area (Å²) in [6.07, 6.45) is 0. The van der Waals surface area contributed by atoms with Gasteiger partial charge in [0.15, 0.2) is 0 Å². The van der Waals surface area contributed by atoms with E-state index >= 15 is 0 Å². The molecule has 0 aromatic heterocycles. The highest BCUT2D eigenvalue weighted by Crippen LogP contribution is 2.23. The second-order valence-electron chi connectivity index (χ2n) is 2.90. The Morgan fingerprint density at radius 1 is 1.33 bits per heavy atom. The molecule has 5 N–H and O–H groups in total. The third-order valence-electron chi connectivity index (χ3n) is 1.82. The van der Waals surface area contributed by atoms with Gasteiger partial charge in [-0.25, -0.2) is 5.14 Å². The number of hydrogen-bond donors (Lipinski definition) is 3. The first-order valence-corrected chi connectivity index (χ1v) is 5.73. The Balaban J connectivity index is 3.16. The summed E-state index contributed by atoms with van der Waals surface area (Å²) >= 11 is 0. The van der Waals surface area contributed by atoms with Crippen LogP contribution in [-0.4, -0.2) is 26.7 Å². The lowest BCUT2D eigenvalue weighted by Crippen LogP contribution is -2.39. The van der Waals surface area contributed by atoms with Crippen molar-refractivity contribution in [2.75, 3.05) is 23.2 Å². The number of nitrogen functional groups attached to an aromatic ring is 1. The Hall–Kier alpha value is -1.31. The Labute approximate surface area is 88.3 Å². The van der Waals surface area contributed by atoms with Crippen LogP contribution in [0.15, 0.2) is 24.3 Å². The molecule has 0 amide bonds. The third kappa shape index (κ3) is 2.82. The summed E-state index contributed by atoms with van der Waals surface area (Å²) in [7, 11) is -3.91. The number of nitrogens with two attached hydrogens (primary N) is 2. The SMILES string of the molecule is Nc1ccccc1N(CCO)S(N)(=O)=O. The fraction of sp³-hybridized carbons (Fsp3) is 0.250. The van der Waals surface area contributed by atoms with Gasteiger partial charge in [-0.05, 0) is 12.1 Å². The van der Waals surface area contributed by atoms with Crippen molar-refractivity contribution in [2.24, 2.45) is 5.14 Å². The normalized spacial score (nSPS) is 11.3. The molecule has 0 saturated carbocycles. The zero-order chi connectivity index (χ0) is 11.5. The largest absolute Gasteiger partial charge is 0.397 e. The maximum atomic E-state index is 11.2. The second-order valence-corrected chi connectivity index (χ2v) is 4.37. The maximum Gasteiger partial charge on any atom is 0.299 e. The molecule has 1 rings (SSSR count). The predicted molar refractivity (Wildman–Crippen MR) is 58.4 cm³/mol. The van der Waals surface area contributed by atoms with E-state index in [1.807, 2.05) is 0 Å². The van der Waals surface area contributed by atoms with Crippen molar-refractivity contribution >= 4 is 21.6 Å². The lowest BCUT2D eigenvalue weighted by molar-refractivity contribution is 0.306. The molecular formula is C8H13N3O3S. The van der Waals surface area contributed by atoms with Gasteiger partial charge in [-0.1, -0.05) is 12.1 Å². The Morgan fingerprint density at radius 2 is 1.93 bits per heavy atom. The van der Waals surface area contributed by atoms with E-state index in [1.165, 1.54) is 6.07 Å². The Kier molecular flexibility index (Phi) is 3.51. The molecule has 0 fully saturated rings. The van der Waals surface area contributed by atoms with Gasteiger partial charge in [0.1, 0.15) is 0 Å². The standard InChI is InChI=1S/C8H13N3O3S/c9-7-3-1-2-4-8(7)11(5-6-12)15(10,13)14/h1-4,12H,5-6,9H2,(H2,10,13,14). The lowest BCUT2D eigenvalue weighted by atomic mass is 10.3. The molecule has 0 aliphatic carbocycles. The molecule has 0 unspecified atom stereocenters. The van der Waals surface area contributed by atoms with Crippen LogP contribution in [0.5, 0.6) is 0 Å². The van der Waals surface area contributed by atoms with Crippen LogP contribution in [0.3, 0.4) is 0 Å². The molecule has 0 aliphatic rings.